The number of nitrogens with zero attached hydrogens (tertiary/aromatic N) is 3. The first-order valence-corrected chi connectivity index (χ1v) is 9.47. The van der Waals surface area contributed by atoms with Crippen LogP contribution >= 0.6 is 15.2 Å². The molecule has 0 aliphatic heterocycles. The van der Waals surface area contributed by atoms with Gasteiger partial charge >= 0.3 is 42.8 Å². The molecule has 0 fully saturated rings. The first kappa shape index (κ1) is 25.8. The van der Waals surface area contributed by atoms with Gasteiger partial charge in [-0.3, -0.25) is 30.2 Å². The van der Waals surface area contributed by atoms with Gasteiger partial charge in [0.2, 0.25) is 5.19 Å². The van der Waals surface area contributed by atoms with Gasteiger partial charge in [0.15, 0.2) is 7.60 Å². The number of nitrogens with one attached hydrogen (secondary N) is 1. The monoisotopic (exact) mass is 434 g/mol. The Morgan fingerprint density at radius 3 is 2.04 bits per heavy atom. The molecule has 0 amide bonds. The van der Waals surface area contributed by atoms with Crippen LogP contribution in [0, 0.1) is 20.2 Å². The number of benzene rings is 1. The summed E-state index contributed by atoms with van der Waals surface area (Å²) in [7, 11) is -6.86. The van der Waals surface area contributed by atoms with E-state index in [0.717, 1.165) is 33.5 Å². The van der Waals surface area contributed by atoms with Crippen molar-refractivity contribution in [3.63, 3.8) is 0 Å². The van der Waals surface area contributed by atoms with E-state index in [-0.39, 0.29) is 29.6 Å². The van der Waals surface area contributed by atoms with Crippen LogP contribution in [0.3, 0.4) is 0 Å². The third kappa shape index (κ3) is 6.14. The Kier molecular flexibility index (Phi) is 9.90. The van der Waals surface area contributed by atoms with Crippen molar-refractivity contribution in [2.24, 2.45) is 5.10 Å². The molecule has 1 N–H and O–H groups in total. The van der Waals surface area contributed by atoms with Gasteiger partial charge in [0.1, 0.15) is 5.69 Å². The van der Waals surface area contributed by atoms with Gasteiger partial charge in [0, 0.05) is 27.4 Å². The summed E-state index contributed by atoms with van der Waals surface area (Å²) in [4.78, 5) is 31.9. The number of non-ortho nitro benzene ring substituents is 1. The summed E-state index contributed by atoms with van der Waals surface area (Å²) >= 11 is 0. The standard InChI is InChI=1S/C10H14N4O10P2.Na/c1-22-25(19,20)10(26(21,23-2)24-3)12-11-8-5-4-7(13(15)16)6-9(8)14(17)18;/h4-6,11H,1-3H3,(H,19,20);/q;+1/p-1/b12-10-;. The first-order chi connectivity index (χ1) is 12.0. The molecule has 14 nitrogen and oxygen atoms in total. The summed E-state index contributed by atoms with van der Waals surface area (Å²) in [6.45, 7) is 0. The second-order valence-corrected chi connectivity index (χ2v) is 8.57. The number of hydrazone groups is 1. The molecule has 0 saturated carbocycles. The number of hydrogen-bond acceptors (Lipinski definition) is 12. The van der Waals surface area contributed by atoms with Crippen molar-refractivity contribution < 1.29 is 67.0 Å². The molecule has 0 aliphatic carbocycles. The van der Waals surface area contributed by atoms with Crippen LogP contribution in [0.25, 0.3) is 0 Å². The van der Waals surface area contributed by atoms with Gasteiger partial charge in [0.05, 0.1) is 15.9 Å². The summed E-state index contributed by atoms with van der Waals surface area (Å²) in [5.41, 5.74) is 0.261. The molecular weight excluding hydrogens is 421 g/mol. The Balaban J connectivity index is 0.00000676. The number of nitro groups is 2. The predicted molar refractivity (Wildman–Crippen MR) is 87.0 cm³/mol. The van der Waals surface area contributed by atoms with E-state index in [9.17, 15) is 34.3 Å². The van der Waals surface area contributed by atoms with Crippen molar-refractivity contribution in [2.45, 2.75) is 0 Å². The minimum atomic E-state index is -4.99. The quantitative estimate of drug-likeness (QED) is 0.162. The summed E-state index contributed by atoms with van der Waals surface area (Å²) < 4.78 is 37.6. The van der Waals surface area contributed by atoms with Crippen molar-refractivity contribution in [1.82, 2.24) is 0 Å². The Hall–Kier alpha value is -1.21. The molecule has 0 heterocycles. The van der Waals surface area contributed by atoms with Crippen LogP contribution in [-0.2, 0) is 22.7 Å². The SMILES string of the molecule is COP(=O)([O-])/C(=N/Nc1ccc([N+](=O)[O-])cc1[N+](=O)[O-])P(=O)(OC)OC.[Na+]. The fraction of sp³-hybridized carbons (Fsp3) is 0.300. The molecule has 0 aliphatic rings. The Morgan fingerprint density at radius 2 is 1.63 bits per heavy atom. The summed E-state index contributed by atoms with van der Waals surface area (Å²) in [6, 6.07) is 2.48. The minimum Gasteiger partial charge on any atom is -0.774 e. The van der Waals surface area contributed by atoms with E-state index < -0.39 is 47.3 Å². The van der Waals surface area contributed by atoms with Gasteiger partial charge in [-0.05, 0) is 6.07 Å². The van der Waals surface area contributed by atoms with Gasteiger partial charge in [-0.15, -0.1) is 0 Å². The molecule has 27 heavy (non-hydrogen) atoms. The average Bonchev–Trinajstić information content (AvgIpc) is 2.61. The molecule has 17 heteroatoms. The minimum absolute atomic E-state index is 0. The molecule has 0 bridgehead atoms. The maximum atomic E-state index is 12.3. The van der Waals surface area contributed by atoms with Crippen LogP contribution in [0.1, 0.15) is 0 Å². The molecule has 1 atom stereocenters. The smallest absolute Gasteiger partial charge is 0.774 e. The second-order valence-electron chi connectivity index (χ2n) is 4.28. The zero-order valence-corrected chi connectivity index (χ0v) is 18.3. The fourth-order valence-corrected chi connectivity index (χ4v) is 4.50. The van der Waals surface area contributed by atoms with Crippen molar-refractivity contribution in [3.8, 4) is 0 Å². The number of hydrogen-bond donors (Lipinski definition) is 1. The third-order valence-corrected chi connectivity index (χ3v) is 6.97. The number of nitro benzene ring substituents is 2. The van der Waals surface area contributed by atoms with E-state index in [4.69, 9.17) is 0 Å². The number of rotatable bonds is 9. The summed E-state index contributed by atoms with van der Waals surface area (Å²) in [6.07, 6.45) is 0. The average molecular weight is 434 g/mol. The van der Waals surface area contributed by atoms with E-state index in [1.165, 1.54) is 0 Å². The van der Waals surface area contributed by atoms with Crippen molar-refractivity contribution in [2.75, 3.05) is 26.8 Å². The molecule has 1 rings (SSSR count). The largest absolute Gasteiger partial charge is 1.00 e. The third-order valence-electron chi connectivity index (χ3n) is 2.88. The normalized spacial score (nSPS) is 14.0. The van der Waals surface area contributed by atoms with E-state index >= 15 is 0 Å². The molecule has 0 spiro atoms. The van der Waals surface area contributed by atoms with Gasteiger partial charge in [-0.2, -0.15) is 5.10 Å². The van der Waals surface area contributed by atoms with E-state index in [1.54, 1.807) is 0 Å². The summed E-state index contributed by atoms with van der Waals surface area (Å²) in [5, 5.41) is 23.9. The van der Waals surface area contributed by atoms with Crippen molar-refractivity contribution in [3.05, 3.63) is 38.4 Å². The van der Waals surface area contributed by atoms with Crippen LogP contribution in [-0.4, -0.2) is 36.4 Å². The zero-order valence-electron chi connectivity index (χ0n) is 14.6. The first-order valence-electron chi connectivity index (χ1n) is 6.38. The summed E-state index contributed by atoms with van der Waals surface area (Å²) in [5.74, 6) is 0. The molecule has 0 aromatic heterocycles. The van der Waals surface area contributed by atoms with Crippen LogP contribution in [0.4, 0.5) is 17.1 Å². The van der Waals surface area contributed by atoms with Gasteiger partial charge in [-0.1, -0.05) is 0 Å². The molecule has 1 aromatic rings. The van der Waals surface area contributed by atoms with Gasteiger partial charge in [0.25, 0.3) is 5.69 Å². The van der Waals surface area contributed by atoms with Gasteiger partial charge in [-0.25, -0.2) is 0 Å². The molecule has 144 valence electrons. The molecule has 0 saturated heterocycles. The van der Waals surface area contributed by atoms with Gasteiger partial charge < -0.3 is 23.0 Å². The maximum Gasteiger partial charge on any atom is 1.00 e. The Morgan fingerprint density at radius 1 is 1.07 bits per heavy atom. The Bertz CT molecular complexity index is 839. The topological polar surface area (TPSA) is 196 Å². The van der Waals surface area contributed by atoms with Crippen LogP contribution in [0.15, 0.2) is 23.3 Å². The van der Waals surface area contributed by atoms with Crippen LogP contribution in [0.2, 0.25) is 0 Å². The second kappa shape index (κ2) is 10.4. The molecule has 0 radical (unpaired) electrons. The van der Waals surface area contributed by atoms with E-state index in [0.29, 0.717) is 6.07 Å². The molecular formula is C10H13N4NaO10P2. The molecule has 1 aromatic carbocycles. The molecule has 1 unspecified atom stereocenters. The Labute approximate surface area is 174 Å². The van der Waals surface area contributed by atoms with E-state index in [2.05, 4.69) is 18.7 Å². The van der Waals surface area contributed by atoms with E-state index in [1.807, 2.05) is 5.43 Å². The fourth-order valence-electron chi connectivity index (χ4n) is 1.58. The predicted octanol–water partition coefficient (Wildman–Crippen LogP) is -1.12. The van der Waals surface area contributed by atoms with Crippen LogP contribution < -0.4 is 39.9 Å². The zero-order chi connectivity index (χ0) is 20.1. The van der Waals surface area contributed by atoms with Crippen molar-refractivity contribution in [1.29, 1.82) is 0 Å². The maximum absolute atomic E-state index is 12.3. The number of anilines is 1. The van der Waals surface area contributed by atoms with Crippen LogP contribution in [0.5, 0.6) is 0 Å². The van der Waals surface area contributed by atoms with Crippen molar-refractivity contribution >= 4 is 37.4 Å².